The third-order valence-electron chi connectivity index (χ3n) is 5.55. The first-order valence-corrected chi connectivity index (χ1v) is 11.2. The van der Waals surface area contributed by atoms with Crippen molar-refractivity contribution in [2.45, 2.75) is 39.6 Å². The molecular weight excluding hydrogens is 438 g/mol. The molecular formula is C24H33N5O5. The van der Waals surface area contributed by atoms with E-state index < -0.39 is 12.0 Å². The van der Waals surface area contributed by atoms with E-state index in [9.17, 15) is 9.59 Å². The highest BCUT2D eigenvalue weighted by atomic mass is 16.5. The maximum absolute atomic E-state index is 13.1. The van der Waals surface area contributed by atoms with Gasteiger partial charge in [0.2, 0.25) is 0 Å². The van der Waals surface area contributed by atoms with E-state index in [4.69, 9.17) is 14.2 Å². The molecule has 2 N–H and O–H groups in total. The Morgan fingerprint density at radius 3 is 2.68 bits per heavy atom. The lowest BCUT2D eigenvalue weighted by atomic mass is 9.93. The lowest BCUT2D eigenvalue weighted by molar-refractivity contribution is -0.139. The van der Waals surface area contributed by atoms with Gasteiger partial charge in [0.25, 0.3) is 0 Å². The standard InChI is InChI=1S/C24H33N5O5/c1-6-29-18(10-11-25-29)13-28(3)14-19-21(23(30)34-7-2)22(27-24(31)26-19)16-8-9-20(33-5)17(12-16)15-32-4/h8-12,22H,6-7,13-15H2,1-5H3,(H2,26,27,31). The molecule has 1 aliphatic rings. The molecule has 10 nitrogen and oxygen atoms in total. The van der Waals surface area contributed by atoms with Crippen LogP contribution < -0.4 is 15.4 Å². The smallest absolute Gasteiger partial charge is 0.338 e. The Morgan fingerprint density at radius 1 is 1.21 bits per heavy atom. The van der Waals surface area contributed by atoms with Gasteiger partial charge in [-0.15, -0.1) is 0 Å². The molecule has 1 unspecified atom stereocenters. The van der Waals surface area contributed by atoms with Crippen LogP contribution in [0.3, 0.4) is 0 Å². The van der Waals surface area contributed by atoms with Gasteiger partial charge >= 0.3 is 12.0 Å². The Labute approximate surface area is 199 Å². The van der Waals surface area contributed by atoms with Crippen molar-refractivity contribution in [2.75, 3.05) is 34.4 Å². The van der Waals surface area contributed by atoms with Crippen molar-refractivity contribution in [3.05, 3.63) is 58.6 Å². The number of nitrogens with zero attached hydrogens (tertiary/aromatic N) is 3. The number of carbonyl (C=O) groups is 2. The summed E-state index contributed by atoms with van der Waals surface area (Å²) >= 11 is 0. The monoisotopic (exact) mass is 471 g/mol. The average molecular weight is 472 g/mol. The molecule has 0 aliphatic carbocycles. The van der Waals surface area contributed by atoms with Crippen LogP contribution in [0.15, 0.2) is 41.7 Å². The molecule has 0 saturated heterocycles. The van der Waals surface area contributed by atoms with Crippen molar-refractivity contribution in [3.63, 3.8) is 0 Å². The molecule has 1 aromatic heterocycles. The molecule has 2 amide bonds. The number of esters is 1. The van der Waals surface area contributed by atoms with Gasteiger partial charge in [0.05, 0.1) is 37.6 Å². The summed E-state index contributed by atoms with van der Waals surface area (Å²) in [7, 11) is 5.11. The minimum absolute atomic E-state index is 0.222. The molecule has 0 fully saturated rings. The second-order valence-electron chi connectivity index (χ2n) is 7.96. The van der Waals surface area contributed by atoms with Gasteiger partial charge in [0.1, 0.15) is 5.75 Å². The second kappa shape index (κ2) is 11.7. The normalized spacial score (nSPS) is 15.8. The Morgan fingerprint density at radius 2 is 2.00 bits per heavy atom. The van der Waals surface area contributed by atoms with Crippen molar-refractivity contribution in [1.29, 1.82) is 0 Å². The molecule has 184 valence electrons. The number of aromatic nitrogens is 2. The van der Waals surface area contributed by atoms with Gasteiger partial charge in [-0.05, 0) is 44.7 Å². The van der Waals surface area contributed by atoms with Crippen LogP contribution in [0.2, 0.25) is 0 Å². The van der Waals surface area contributed by atoms with E-state index in [1.54, 1.807) is 33.4 Å². The van der Waals surface area contributed by atoms with Gasteiger partial charge in [-0.3, -0.25) is 9.58 Å². The number of amides is 2. The summed E-state index contributed by atoms with van der Waals surface area (Å²) in [6.07, 6.45) is 1.76. The van der Waals surface area contributed by atoms with Gasteiger partial charge in [-0.2, -0.15) is 5.10 Å². The molecule has 0 saturated carbocycles. The number of urea groups is 1. The van der Waals surface area contributed by atoms with Crippen LogP contribution in [0, 0.1) is 0 Å². The predicted molar refractivity (Wildman–Crippen MR) is 126 cm³/mol. The zero-order valence-corrected chi connectivity index (χ0v) is 20.4. The van der Waals surface area contributed by atoms with Crippen molar-refractivity contribution >= 4 is 12.0 Å². The third kappa shape index (κ3) is 5.75. The molecule has 0 radical (unpaired) electrons. The highest BCUT2D eigenvalue weighted by Crippen LogP contribution is 2.31. The molecule has 10 heteroatoms. The molecule has 0 bridgehead atoms. The number of carbonyl (C=O) groups excluding carboxylic acids is 2. The molecule has 2 aromatic rings. The zero-order valence-electron chi connectivity index (χ0n) is 20.4. The fourth-order valence-electron chi connectivity index (χ4n) is 4.07. The van der Waals surface area contributed by atoms with Crippen LogP contribution in [0.4, 0.5) is 4.79 Å². The Balaban J connectivity index is 1.98. The first kappa shape index (κ1) is 25.3. The number of aryl methyl sites for hydroxylation is 1. The Hall–Kier alpha value is -3.37. The molecule has 1 atom stereocenters. The molecule has 1 aromatic carbocycles. The number of ether oxygens (including phenoxy) is 3. The van der Waals surface area contributed by atoms with Crippen LogP contribution in [0.1, 0.15) is 36.7 Å². The van der Waals surface area contributed by atoms with Crippen molar-refractivity contribution < 1.29 is 23.8 Å². The lowest BCUT2D eigenvalue weighted by Gasteiger charge is -2.31. The van der Waals surface area contributed by atoms with E-state index in [2.05, 4.69) is 15.7 Å². The summed E-state index contributed by atoms with van der Waals surface area (Å²) in [6, 6.07) is 6.40. The highest BCUT2D eigenvalue weighted by Gasteiger charge is 2.34. The van der Waals surface area contributed by atoms with Crippen LogP contribution in [-0.2, 0) is 34.0 Å². The molecule has 1 aliphatic heterocycles. The predicted octanol–water partition coefficient (Wildman–Crippen LogP) is 2.36. The second-order valence-corrected chi connectivity index (χ2v) is 7.96. The molecule has 2 heterocycles. The van der Waals surface area contributed by atoms with Gasteiger partial charge < -0.3 is 24.8 Å². The van der Waals surface area contributed by atoms with Crippen LogP contribution in [-0.4, -0.2) is 61.1 Å². The minimum atomic E-state index is -0.682. The van der Waals surface area contributed by atoms with E-state index in [-0.39, 0.29) is 12.6 Å². The number of nitrogens with one attached hydrogen (secondary N) is 2. The van der Waals surface area contributed by atoms with Gasteiger partial charge in [-0.1, -0.05) is 6.07 Å². The molecule has 3 rings (SSSR count). The third-order valence-corrected chi connectivity index (χ3v) is 5.55. The minimum Gasteiger partial charge on any atom is -0.496 e. The number of rotatable bonds is 11. The fraction of sp³-hybridized carbons (Fsp3) is 0.458. The summed E-state index contributed by atoms with van der Waals surface area (Å²) in [6.45, 7) is 6.04. The SMILES string of the molecule is CCOC(=O)C1=C(CN(C)Cc2ccnn2CC)NC(=O)NC1c1ccc(OC)c(COC)c1. The van der Waals surface area contributed by atoms with Crippen LogP contribution >= 0.6 is 0 Å². The average Bonchev–Trinajstić information content (AvgIpc) is 3.25. The van der Waals surface area contributed by atoms with Gasteiger partial charge in [0, 0.05) is 44.2 Å². The summed E-state index contributed by atoms with van der Waals surface area (Å²) in [5.74, 6) is 0.186. The van der Waals surface area contributed by atoms with Crippen molar-refractivity contribution in [3.8, 4) is 5.75 Å². The Kier molecular flexibility index (Phi) is 8.67. The van der Waals surface area contributed by atoms with Crippen LogP contribution in [0.5, 0.6) is 5.75 Å². The maximum atomic E-state index is 13.1. The summed E-state index contributed by atoms with van der Waals surface area (Å²) in [4.78, 5) is 27.7. The first-order chi connectivity index (χ1) is 16.4. The number of benzene rings is 1. The van der Waals surface area contributed by atoms with E-state index in [0.717, 1.165) is 23.4 Å². The number of methoxy groups -OCH3 is 2. The maximum Gasteiger partial charge on any atom is 0.338 e. The molecule has 0 spiro atoms. The fourth-order valence-corrected chi connectivity index (χ4v) is 4.07. The van der Waals surface area contributed by atoms with E-state index in [0.29, 0.717) is 36.7 Å². The number of hydrogen-bond acceptors (Lipinski definition) is 7. The number of hydrogen-bond donors (Lipinski definition) is 2. The van der Waals surface area contributed by atoms with E-state index in [1.807, 2.05) is 41.8 Å². The first-order valence-electron chi connectivity index (χ1n) is 11.2. The van der Waals surface area contributed by atoms with Crippen molar-refractivity contribution in [1.82, 2.24) is 25.3 Å². The number of likely N-dealkylation sites (N-methyl/N-ethyl adjacent to an activating group) is 1. The lowest BCUT2D eigenvalue weighted by Crippen LogP contribution is -2.48. The van der Waals surface area contributed by atoms with Crippen LogP contribution in [0.25, 0.3) is 0 Å². The summed E-state index contributed by atoms with van der Waals surface area (Å²) < 4.78 is 18.0. The summed E-state index contributed by atoms with van der Waals surface area (Å²) in [5, 5.41) is 10.0. The zero-order chi connectivity index (χ0) is 24.7. The summed E-state index contributed by atoms with van der Waals surface area (Å²) in [5.41, 5.74) is 3.45. The Bertz CT molecular complexity index is 1050. The quantitative estimate of drug-likeness (QED) is 0.485. The molecule has 34 heavy (non-hydrogen) atoms. The topological polar surface area (TPSA) is 107 Å². The van der Waals surface area contributed by atoms with Gasteiger partial charge in [-0.25, -0.2) is 9.59 Å². The van der Waals surface area contributed by atoms with E-state index in [1.165, 1.54) is 0 Å². The van der Waals surface area contributed by atoms with Gasteiger partial charge in [0.15, 0.2) is 0 Å². The van der Waals surface area contributed by atoms with E-state index >= 15 is 0 Å². The highest BCUT2D eigenvalue weighted by molar-refractivity contribution is 5.95. The largest absolute Gasteiger partial charge is 0.496 e. The van der Waals surface area contributed by atoms with Crippen molar-refractivity contribution in [2.24, 2.45) is 0 Å².